The summed E-state index contributed by atoms with van der Waals surface area (Å²) in [4.78, 5) is 14.5. The van der Waals surface area contributed by atoms with Gasteiger partial charge in [0.05, 0.1) is 19.3 Å². The van der Waals surface area contributed by atoms with Crippen molar-refractivity contribution in [3.63, 3.8) is 0 Å². The van der Waals surface area contributed by atoms with Gasteiger partial charge in [-0.2, -0.15) is 0 Å². The van der Waals surface area contributed by atoms with Crippen LogP contribution in [0.1, 0.15) is 11.6 Å². The van der Waals surface area contributed by atoms with Crippen molar-refractivity contribution in [1.29, 1.82) is 0 Å². The number of benzene rings is 2. The number of amides is 1. The smallest absolute Gasteiger partial charge is 0.258 e. The molecule has 5 heteroatoms. The van der Waals surface area contributed by atoms with E-state index in [0.717, 1.165) is 26.3 Å². The topological polar surface area (TPSA) is 50.8 Å². The number of rotatable bonds is 7. The minimum absolute atomic E-state index is 0.0225. The van der Waals surface area contributed by atoms with E-state index in [-0.39, 0.29) is 18.6 Å². The highest BCUT2D eigenvalue weighted by Gasteiger charge is 2.23. The Balaban J connectivity index is 1.55. The quantitative estimate of drug-likeness (QED) is 0.840. The summed E-state index contributed by atoms with van der Waals surface area (Å²) in [6.07, 6.45) is 0. The van der Waals surface area contributed by atoms with Gasteiger partial charge in [0.2, 0.25) is 0 Å². The van der Waals surface area contributed by atoms with Crippen molar-refractivity contribution in [3.8, 4) is 5.75 Å². The van der Waals surface area contributed by atoms with Crippen LogP contribution in [-0.2, 0) is 9.53 Å². The molecule has 25 heavy (non-hydrogen) atoms. The van der Waals surface area contributed by atoms with E-state index in [0.29, 0.717) is 12.3 Å². The lowest BCUT2D eigenvalue weighted by Crippen LogP contribution is -2.44. The zero-order chi connectivity index (χ0) is 17.3. The lowest BCUT2D eigenvalue weighted by Gasteiger charge is -2.34. The maximum absolute atomic E-state index is 12.2. The number of nitrogens with one attached hydrogen (secondary N) is 1. The van der Waals surface area contributed by atoms with Gasteiger partial charge in [-0.15, -0.1) is 0 Å². The van der Waals surface area contributed by atoms with E-state index in [1.165, 1.54) is 5.56 Å². The molecule has 132 valence electrons. The Labute approximate surface area is 148 Å². The molecule has 1 atom stereocenters. The maximum Gasteiger partial charge on any atom is 0.258 e. The lowest BCUT2D eigenvalue weighted by atomic mass is 10.0. The van der Waals surface area contributed by atoms with Crippen molar-refractivity contribution in [2.45, 2.75) is 6.04 Å². The second-order valence-electron chi connectivity index (χ2n) is 5.98. The molecule has 3 rings (SSSR count). The molecule has 0 spiro atoms. The zero-order valence-corrected chi connectivity index (χ0v) is 14.3. The second kappa shape index (κ2) is 9.20. The summed E-state index contributed by atoms with van der Waals surface area (Å²) in [6, 6.07) is 19.8. The molecule has 1 fully saturated rings. The van der Waals surface area contributed by atoms with Crippen LogP contribution in [0.15, 0.2) is 60.7 Å². The summed E-state index contributed by atoms with van der Waals surface area (Å²) in [6.45, 7) is 3.78. The highest BCUT2D eigenvalue weighted by atomic mass is 16.5. The normalized spacial score (nSPS) is 16.2. The van der Waals surface area contributed by atoms with Gasteiger partial charge in [-0.05, 0) is 17.7 Å². The van der Waals surface area contributed by atoms with Crippen LogP contribution in [0.25, 0.3) is 0 Å². The molecule has 0 aromatic heterocycles. The number of ether oxygens (including phenoxy) is 2. The Morgan fingerprint density at radius 2 is 1.68 bits per heavy atom. The van der Waals surface area contributed by atoms with E-state index < -0.39 is 0 Å². The fraction of sp³-hybridized carbons (Fsp3) is 0.350. The van der Waals surface area contributed by atoms with Crippen molar-refractivity contribution < 1.29 is 14.3 Å². The third kappa shape index (κ3) is 5.31. The lowest BCUT2D eigenvalue weighted by molar-refractivity contribution is -0.123. The number of morpholine rings is 1. The summed E-state index contributed by atoms with van der Waals surface area (Å²) in [5, 5.41) is 3.00. The number of nitrogens with zero attached hydrogens (tertiary/aromatic N) is 1. The Morgan fingerprint density at radius 3 is 2.36 bits per heavy atom. The molecule has 5 nitrogen and oxygen atoms in total. The van der Waals surface area contributed by atoms with E-state index >= 15 is 0 Å². The van der Waals surface area contributed by atoms with Gasteiger partial charge in [-0.25, -0.2) is 0 Å². The molecule has 1 aliphatic rings. The summed E-state index contributed by atoms with van der Waals surface area (Å²) >= 11 is 0. The van der Waals surface area contributed by atoms with Gasteiger partial charge >= 0.3 is 0 Å². The van der Waals surface area contributed by atoms with Gasteiger partial charge in [0.25, 0.3) is 5.91 Å². The first kappa shape index (κ1) is 17.5. The minimum Gasteiger partial charge on any atom is -0.484 e. The van der Waals surface area contributed by atoms with Crippen molar-refractivity contribution in [2.75, 3.05) is 39.5 Å². The third-order valence-electron chi connectivity index (χ3n) is 4.28. The van der Waals surface area contributed by atoms with Crippen molar-refractivity contribution in [2.24, 2.45) is 0 Å². The van der Waals surface area contributed by atoms with Crippen LogP contribution in [0, 0.1) is 0 Å². The van der Waals surface area contributed by atoms with Gasteiger partial charge in [-0.1, -0.05) is 48.5 Å². The molecule has 0 aliphatic carbocycles. The number of hydrogen-bond acceptors (Lipinski definition) is 4. The molecular weight excluding hydrogens is 316 g/mol. The average Bonchev–Trinajstić information content (AvgIpc) is 2.69. The fourth-order valence-corrected chi connectivity index (χ4v) is 2.95. The first-order chi connectivity index (χ1) is 12.3. The van der Waals surface area contributed by atoms with Crippen LogP contribution in [0.5, 0.6) is 5.75 Å². The predicted octanol–water partition coefficient (Wildman–Crippen LogP) is 2.26. The van der Waals surface area contributed by atoms with E-state index in [1.54, 1.807) is 0 Å². The number of hydrogen-bond donors (Lipinski definition) is 1. The molecule has 0 bridgehead atoms. The number of carbonyl (C=O) groups is 1. The fourth-order valence-electron chi connectivity index (χ4n) is 2.95. The van der Waals surface area contributed by atoms with E-state index in [9.17, 15) is 4.79 Å². The third-order valence-corrected chi connectivity index (χ3v) is 4.28. The SMILES string of the molecule is O=C(COc1ccccc1)NC[C@@H](c1ccccc1)N1CCOCC1. The zero-order valence-electron chi connectivity index (χ0n) is 14.3. The summed E-state index contributed by atoms with van der Waals surface area (Å²) in [5.41, 5.74) is 1.20. The summed E-state index contributed by atoms with van der Waals surface area (Å²) < 4.78 is 11.0. The highest BCUT2D eigenvalue weighted by Crippen LogP contribution is 2.21. The van der Waals surface area contributed by atoms with Gasteiger partial charge in [0.1, 0.15) is 5.75 Å². The summed E-state index contributed by atoms with van der Waals surface area (Å²) in [7, 11) is 0. The largest absolute Gasteiger partial charge is 0.484 e. The van der Waals surface area contributed by atoms with E-state index in [2.05, 4.69) is 22.3 Å². The molecule has 2 aromatic rings. The van der Waals surface area contributed by atoms with Gasteiger partial charge in [0, 0.05) is 19.6 Å². The monoisotopic (exact) mass is 340 g/mol. The number of carbonyl (C=O) groups excluding carboxylic acids is 1. The van der Waals surface area contributed by atoms with Crippen molar-refractivity contribution in [1.82, 2.24) is 10.2 Å². The Kier molecular flexibility index (Phi) is 6.42. The van der Waals surface area contributed by atoms with Crippen LogP contribution in [0.4, 0.5) is 0 Å². The van der Waals surface area contributed by atoms with Crippen LogP contribution >= 0.6 is 0 Å². The van der Waals surface area contributed by atoms with Crippen LogP contribution in [-0.4, -0.2) is 50.3 Å². The van der Waals surface area contributed by atoms with Gasteiger partial charge in [-0.3, -0.25) is 9.69 Å². The molecule has 2 aromatic carbocycles. The maximum atomic E-state index is 12.2. The Hall–Kier alpha value is -2.37. The molecule has 0 saturated carbocycles. The first-order valence-electron chi connectivity index (χ1n) is 8.64. The molecule has 1 aliphatic heterocycles. The van der Waals surface area contributed by atoms with Gasteiger partial charge < -0.3 is 14.8 Å². The van der Waals surface area contributed by atoms with Crippen molar-refractivity contribution >= 4 is 5.91 Å². The predicted molar refractivity (Wildman–Crippen MR) is 96.5 cm³/mol. The van der Waals surface area contributed by atoms with Gasteiger partial charge in [0.15, 0.2) is 6.61 Å². The molecular formula is C20H24N2O3. The van der Waals surface area contributed by atoms with Crippen LogP contribution < -0.4 is 10.1 Å². The molecule has 1 amide bonds. The molecule has 1 N–H and O–H groups in total. The molecule has 0 unspecified atom stereocenters. The van der Waals surface area contributed by atoms with E-state index in [4.69, 9.17) is 9.47 Å². The first-order valence-corrected chi connectivity index (χ1v) is 8.64. The standard InChI is InChI=1S/C20H24N2O3/c23-20(16-25-18-9-5-2-6-10-18)21-15-19(17-7-3-1-4-8-17)22-11-13-24-14-12-22/h1-10,19H,11-16H2,(H,21,23)/t19-/m0/s1. The Morgan fingerprint density at radius 1 is 1.04 bits per heavy atom. The molecule has 1 saturated heterocycles. The van der Waals surface area contributed by atoms with E-state index in [1.807, 2.05) is 48.5 Å². The number of para-hydroxylation sites is 1. The average molecular weight is 340 g/mol. The van der Waals surface area contributed by atoms with Crippen LogP contribution in [0.3, 0.4) is 0 Å². The Bertz CT molecular complexity index is 643. The second-order valence-corrected chi connectivity index (χ2v) is 5.98. The van der Waals surface area contributed by atoms with Crippen molar-refractivity contribution in [3.05, 3.63) is 66.2 Å². The molecule has 1 heterocycles. The molecule has 0 radical (unpaired) electrons. The minimum atomic E-state index is -0.113. The summed E-state index contributed by atoms with van der Waals surface area (Å²) in [5.74, 6) is 0.587. The van der Waals surface area contributed by atoms with Crippen LogP contribution in [0.2, 0.25) is 0 Å². The highest BCUT2D eigenvalue weighted by molar-refractivity contribution is 5.77.